The van der Waals surface area contributed by atoms with Crippen molar-refractivity contribution >= 4 is 29.8 Å². The van der Waals surface area contributed by atoms with Crippen molar-refractivity contribution < 1.29 is 33.4 Å². The molecule has 2 N–H and O–H groups in total. The Morgan fingerprint density at radius 2 is 1.73 bits per heavy atom. The number of hydrogen-bond donors (Lipinski definition) is 2. The summed E-state index contributed by atoms with van der Waals surface area (Å²) >= 11 is 0. The van der Waals surface area contributed by atoms with E-state index in [-0.39, 0.29) is 61.1 Å². The van der Waals surface area contributed by atoms with E-state index >= 15 is 0 Å². The molecule has 3 atom stereocenters. The number of likely N-dealkylation sites (tertiary alicyclic amines) is 1. The molecule has 0 aromatic carbocycles. The van der Waals surface area contributed by atoms with Crippen LogP contribution in [0.5, 0.6) is 0 Å². The van der Waals surface area contributed by atoms with Crippen LogP contribution in [0.4, 0.5) is 4.79 Å². The predicted molar refractivity (Wildman–Crippen MR) is 102 cm³/mol. The number of ether oxygens (including phenoxy) is 2. The highest BCUT2D eigenvalue weighted by atomic mass is 16.5. The Morgan fingerprint density at radius 3 is 2.33 bits per heavy atom. The van der Waals surface area contributed by atoms with E-state index in [4.69, 9.17) is 9.47 Å². The normalized spacial score (nSPS) is 25.6. The fourth-order valence-corrected chi connectivity index (χ4v) is 3.91. The summed E-state index contributed by atoms with van der Waals surface area (Å²) in [6, 6.07) is -1.13. The summed E-state index contributed by atoms with van der Waals surface area (Å²) in [6.45, 7) is 3.04. The third-order valence-corrected chi connectivity index (χ3v) is 5.38. The van der Waals surface area contributed by atoms with E-state index < -0.39 is 24.0 Å². The number of amides is 4. The third kappa shape index (κ3) is 4.37. The monoisotopic (exact) mass is 419 g/mol. The fraction of sp³-hybridized carbons (Fsp3) is 0.550. The third-order valence-electron chi connectivity index (χ3n) is 5.38. The van der Waals surface area contributed by atoms with Crippen LogP contribution in [-0.4, -0.2) is 60.5 Å². The van der Waals surface area contributed by atoms with Gasteiger partial charge in [0, 0.05) is 6.54 Å². The van der Waals surface area contributed by atoms with Crippen molar-refractivity contribution in [1.29, 1.82) is 0 Å². The second kappa shape index (κ2) is 9.10. The molecule has 2 heterocycles. The van der Waals surface area contributed by atoms with Crippen molar-refractivity contribution in [2.24, 2.45) is 11.8 Å². The van der Waals surface area contributed by atoms with E-state index in [1.54, 1.807) is 13.8 Å². The minimum Gasteiger partial charge on any atom is -0.463 e. The summed E-state index contributed by atoms with van der Waals surface area (Å²) in [5.41, 5.74) is 0.314. The van der Waals surface area contributed by atoms with Gasteiger partial charge in [-0.2, -0.15) is 0 Å². The Kier molecular flexibility index (Phi) is 6.53. The lowest BCUT2D eigenvalue weighted by molar-refractivity contribution is -0.146. The lowest BCUT2D eigenvalue weighted by atomic mass is 9.85. The fourth-order valence-electron chi connectivity index (χ4n) is 3.91. The number of esters is 2. The van der Waals surface area contributed by atoms with E-state index in [0.717, 1.165) is 4.90 Å². The molecule has 0 aromatic rings. The van der Waals surface area contributed by atoms with E-state index in [9.17, 15) is 24.0 Å². The second-order valence-electron chi connectivity index (χ2n) is 7.33. The smallest absolute Gasteiger partial charge is 0.338 e. The van der Waals surface area contributed by atoms with E-state index in [2.05, 4.69) is 10.6 Å². The summed E-state index contributed by atoms with van der Waals surface area (Å²) in [5.74, 6) is -2.47. The minimum absolute atomic E-state index is 0.0579. The Bertz CT molecular complexity index is 806. The van der Waals surface area contributed by atoms with Crippen LogP contribution in [0.2, 0.25) is 0 Å². The van der Waals surface area contributed by atoms with E-state index in [1.807, 2.05) is 12.2 Å². The maximum absolute atomic E-state index is 12.4. The number of urea groups is 1. The van der Waals surface area contributed by atoms with Gasteiger partial charge in [0.15, 0.2) is 0 Å². The van der Waals surface area contributed by atoms with Gasteiger partial charge in [-0.15, -0.1) is 0 Å². The Balaban J connectivity index is 1.57. The lowest BCUT2D eigenvalue weighted by Crippen LogP contribution is -2.50. The number of nitrogens with zero attached hydrogens (tertiary/aromatic N) is 1. The van der Waals surface area contributed by atoms with Gasteiger partial charge in [-0.25, -0.2) is 9.59 Å². The molecule has 162 valence electrons. The van der Waals surface area contributed by atoms with Gasteiger partial charge in [-0.3, -0.25) is 19.3 Å². The van der Waals surface area contributed by atoms with Crippen LogP contribution in [-0.2, 0) is 28.7 Å². The van der Waals surface area contributed by atoms with Gasteiger partial charge >= 0.3 is 18.0 Å². The number of carbonyl (C=O) groups is 5. The zero-order valence-electron chi connectivity index (χ0n) is 16.9. The van der Waals surface area contributed by atoms with Crippen LogP contribution >= 0.6 is 0 Å². The number of hydrogen-bond acceptors (Lipinski definition) is 7. The summed E-state index contributed by atoms with van der Waals surface area (Å²) in [6.07, 6.45) is 4.69. The highest BCUT2D eigenvalue weighted by Gasteiger charge is 2.47. The van der Waals surface area contributed by atoms with Gasteiger partial charge in [-0.05, 0) is 26.7 Å². The lowest BCUT2D eigenvalue weighted by Gasteiger charge is -2.26. The minimum atomic E-state index is -0.653. The predicted octanol–water partition coefficient (Wildman–Crippen LogP) is 0.389. The van der Waals surface area contributed by atoms with Gasteiger partial charge in [0.2, 0.25) is 11.8 Å². The molecule has 2 aliphatic heterocycles. The molecule has 0 aromatic heterocycles. The average molecular weight is 419 g/mol. The molecule has 1 fully saturated rings. The van der Waals surface area contributed by atoms with Crippen molar-refractivity contribution in [3.8, 4) is 0 Å². The molecule has 1 saturated heterocycles. The zero-order chi connectivity index (χ0) is 21.8. The quantitative estimate of drug-likeness (QED) is 0.347. The maximum Gasteiger partial charge on any atom is 0.338 e. The number of allylic oxidation sites excluding steroid dienone is 2. The van der Waals surface area contributed by atoms with Crippen molar-refractivity contribution in [2.45, 2.75) is 39.2 Å². The SMILES string of the molecule is CCOC(=O)C1=C(COC(=O)CCN2C(=O)C3CC=CCC3C2=O)NC(=O)NC1C. The molecule has 0 spiro atoms. The molecule has 0 saturated carbocycles. The molecule has 4 amide bonds. The van der Waals surface area contributed by atoms with Crippen LogP contribution in [0, 0.1) is 11.8 Å². The van der Waals surface area contributed by atoms with Gasteiger partial charge in [0.25, 0.3) is 0 Å². The van der Waals surface area contributed by atoms with Crippen LogP contribution in [0.1, 0.15) is 33.1 Å². The molecule has 0 bridgehead atoms. The molecule has 0 radical (unpaired) electrons. The molecule has 30 heavy (non-hydrogen) atoms. The topological polar surface area (TPSA) is 131 Å². The first-order valence-electron chi connectivity index (χ1n) is 9.97. The zero-order valence-corrected chi connectivity index (χ0v) is 16.9. The van der Waals surface area contributed by atoms with Crippen molar-refractivity contribution in [3.63, 3.8) is 0 Å². The summed E-state index contributed by atoms with van der Waals surface area (Å²) < 4.78 is 10.2. The van der Waals surface area contributed by atoms with Gasteiger partial charge < -0.3 is 20.1 Å². The van der Waals surface area contributed by atoms with E-state index in [1.165, 1.54) is 0 Å². The van der Waals surface area contributed by atoms with Crippen LogP contribution in [0.15, 0.2) is 23.4 Å². The highest BCUT2D eigenvalue weighted by molar-refractivity contribution is 6.05. The number of carbonyl (C=O) groups excluding carboxylic acids is 5. The number of nitrogens with one attached hydrogen (secondary N) is 2. The van der Waals surface area contributed by atoms with Gasteiger partial charge in [0.05, 0.1) is 42.2 Å². The second-order valence-corrected chi connectivity index (χ2v) is 7.33. The first-order chi connectivity index (χ1) is 14.3. The number of fused-ring (bicyclic) bond motifs is 1. The molecular weight excluding hydrogens is 394 g/mol. The molecule has 1 aliphatic carbocycles. The van der Waals surface area contributed by atoms with Crippen molar-refractivity contribution in [1.82, 2.24) is 15.5 Å². The van der Waals surface area contributed by atoms with Crippen LogP contribution in [0.3, 0.4) is 0 Å². The van der Waals surface area contributed by atoms with Gasteiger partial charge in [0.1, 0.15) is 6.61 Å². The summed E-state index contributed by atoms with van der Waals surface area (Å²) in [5, 5.41) is 5.01. The average Bonchev–Trinajstić information content (AvgIpc) is 2.95. The summed E-state index contributed by atoms with van der Waals surface area (Å²) in [7, 11) is 0. The van der Waals surface area contributed by atoms with Gasteiger partial charge in [-0.1, -0.05) is 12.2 Å². The first-order valence-corrected chi connectivity index (χ1v) is 9.97. The molecule has 3 unspecified atom stereocenters. The molecule has 10 nitrogen and oxygen atoms in total. The van der Waals surface area contributed by atoms with E-state index in [0.29, 0.717) is 12.8 Å². The Morgan fingerprint density at radius 1 is 1.10 bits per heavy atom. The van der Waals surface area contributed by atoms with Crippen molar-refractivity contribution in [2.75, 3.05) is 19.8 Å². The Hall–Kier alpha value is -3.17. The number of rotatable bonds is 7. The molecular formula is C20H25N3O7. The standard InChI is InChI=1S/C20H25N3O7/c1-3-29-19(27)16-11(2)21-20(28)22-14(16)10-30-15(24)8-9-23-17(25)12-6-4-5-7-13(12)18(23)26/h4-5,11-13H,3,6-10H2,1-2H3,(H2,21,22,28). The maximum atomic E-state index is 12.4. The number of imide groups is 1. The molecule has 3 aliphatic rings. The summed E-state index contributed by atoms with van der Waals surface area (Å²) in [4.78, 5) is 62.0. The van der Waals surface area contributed by atoms with Crippen LogP contribution < -0.4 is 10.6 Å². The largest absolute Gasteiger partial charge is 0.463 e. The van der Waals surface area contributed by atoms with Crippen molar-refractivity contribution in [3.05, 3.63) is 23.4 Å². The molecule has 10 heteroatoms. The first kappa shape index (κ1) is 21.5. The van der Waals surface area contributed by atoms with Crippen LogP contribution in [0.25, 0.3) is 0 Å². The highest BCUT2D eigenvalue weighted by Crippen LogP contribution is 2.35. The Labute approximate surface area is 173 Å². The molecule has 3 rings (SSSR count).